The van der Waals surface area contributed by atoms with Gasteiger partial charge in [0.15, 0.2) is 0 Å². The summed E-state index contributed by atoms with van der Waals surface area (Å²) in [4.78, 5) is 6.73. The minimum atomic E-state index is 0.309. The monoisotopic (exact) mass is 283 g/mol. The molecule has 0 bridgehead atoms. The van der Waals surface area contributed by atoms with Gasteiger partial charge in [0, 0.05) is 25.8 Å². The number of anilines is 1. The minimum absolute atomic E-state index is 0.309. The Hall–Kier alpha value is -0.840. The van der Waals surface area contributed by atoms with Crippen molar-refractivity contribution in [1.82, 2.24) is 10.3 Å². The number of hydrogen-bond donors (Lipinski definition) is 1. The van der Waals surface area contributed by atoms with Gasteiger partial charge >= 0.3 is 0 Å². The van der Waals surface area contributed by atoms with Crippen LogP contribution in [0.15, 0.2) is 12.3 Å². The van der Waals surface area contributed by atoms with Crippen LogP contribution in [-0.4, -0.2) is 37.3 Å². The van der Waals surface area contributed by atoms with Crippen molar-refractivity contribution in [2.75, 3.05) is 31.1 Å². The summed E-state index contributed by atoms with van der Waals surface area (Å²) in [6, 6.07) is 2.09. The number of nitrogens with zero attached hydrogens (tertiary/aromatic N) is 2. The molecule has 1 fully saturated rings. The molecule has 5 heteroatoms. The molecule has 1 aliphatic heterocycles. The van der Waals surface area contributed by atoms with E-state index in [1.54, 1.807) is 6.20 Å². The molecule has 0 radical (unpaired) electrons. The van der Waals surface area contributed by atoms with Gasteiger partial charge in [-0.2, -0.15) is 0 Å². The zero-order valence-electron chi connectivity index (χ0n) is 11.7. The highest BCUT2D eigenvalue weighted by atomic mass is 35.5. The standard InChI is InChI=1S/C14H22ClN3O/c1-3-12-10-18(5-6-19-12)14-7-11(8-16-4-2)13(15)9-17-14/h7,9,12,16H,3-6,8,10H2,1-2H3. The lowest BCUT2D eigenvalue weighted by Crippen LogP contribution is -2.42. The molecule has 1 N–H and O–H groups in total. The molecule has 1 aromatic heterocycles. The number of nitrogens with one attached hydrogen (secondary N) is 1. The van der Waals surface area contributed by atoms with Crippen LogP contribution in [0.2, 0.25) is 5.02 Å². The van der Waals surface area contributed by atoms with Crippen LogP contribution in [0.3, 0.4) is 0 Å². The molecule has 0 amide bonds. The maximum atomic E-state index is 6.18. The Bertz CT molecular complexity index is 414. The molecule has 1 aromatic rings. The SMILES string of the molecule is CCNCc1cc(N2CCOC(CC)C2)ncc1Cl. The second kappa shape index (κ2) is 7.08. The van der Waals surface area contributed by atoms with Gasteiger partial charge in [-0.05, 0) is 24.6 Å². The lowest BCUT2D eigenvalue weighted by atomic mass is 10.2. The molecule has 4 nitrogen and oxygen atoms in total. The van der Waals surface area contributed by atoms with Crippen LogP contribution >= 0.6 is 11.6 Å². The third-order valence-corrected chi connectivity index (χ3v) is 3.74. The summed E-state index contributed by atoms with van der Waals surface area (Å²) in [7, 11) is 0. The molecular formula is C14H22ClN3O. The smallest absolute Gasteiger partial charge is 0.129 e. The van der Waals surface area contributed by atoms with Gasteiger partial charge in [0.1, 0.15) is 5.82 Å². The van der Waals surface area contributed by atoms with Gasteiger partial charge < -0.3 is 15.0 Å². The molecule has 0 spiro atoms. The Morgan fingerprint density at radius 1 is 1.53 bits per heavy atom. The van der Waals surface area contributed by atoms with Crippen molar-refractivity contribution < 1.29 is 4.74 Å². The number of aromatic nitrogens is 1. The third-order valence-electron chi connectivity index (χ3n) is 3.40. The molecule has 0 aromatic carbocycles. The lowest BCUT2D eigenvalue weighted by Gasteiger charge is -2.33. The van der Waals surface area contributed by atoms with Crippen molar-refractivity contribution in [1.29, 1.82) is 0 Å². The highest BCUT2D eigenvalue weighted by molar-refractivity contribution is 6.31. The first-order chi connectivity index (χ1) is 9.24. The van der Waals surface area contributed by atoms with E-state index in [4.69, 9.17) is 16.3 Å². The first-order valence-corrected chi connectivity index (χ1v) is 7.34. The maximum absolute atomic E-state index is 6.18. The van der Waals surface area contributed by atoms with Gasteiger partial charge in [0.25, 0.3) is 0 Å². The van der Waals surface area contributed by atoms with E-state index in [-0.39, 0.29) is 0 Å². The predicted octanol–water partition coefficient (Wildman–Crippen LogP) is 2.46. The Labute approximate surface area is 120 Å². The van der Waals surface area contributed by atoms with E-state index in [9.17, 15) is 0 Å². The van der Waals surface area contributed by atoms with E-state index in [1.807, 2.05) is 0 Å². The topological polar surface area (TPSA) is 37.4 Å². The van der Waals surface area contributed by atoms with Crippen molar-refractivity contribution in [2.24, 2.45) is 0 Å². The molecule has 0 saturated carbocycles. The number of morpholine rings is 1. The number of rotatable bonds is 5. The van der Waals surface area contributed by atoms with Crippen LogP contribution in [0.4, 0.5) is 5.82 Å². The summed E-state index contributed by atoms with van der Waals surface area (Å²) in [5.41, 5.74) is 1.10. The average molecular weight is 284 g/mol. The van der Waals surface area contributed by atoms with Gasteiger partial charge in [-0.25, -0.2) is 4.98 Å². The largest absolute Gasteiger partial charge is 0.375 e. The van der Waals surface area contributed by atoms with Gasteiger partial charge in [-0.1, -0.05) is 25.4 Å². The fourth-order valence-corrected chi connectivity index (χ4v) is 2.38. The molecule has 1 saturated heterocycles. The van der Waals surface area contributed by atoms with Crippen molar-refractivity contribution in [3.8, 4) is 0 Å². The zero-order chi connectivity index (χ0) is 13.7. The summed E-state index contributed by atoms with van der Waals surface area (Å²) in [6.45, 7) is 8.53. The Balaban J connectivity index is 2.10. The highest BCUT2D eigenvalue weighted by Gasteiger charge is 2.20. The number of pyridine rings is 1. The van der Waals surface area contributed by atoms with Gasteiger partial charge in [0.2, 0.25) is 0 Å². The summed E-state index contributed by atoms with van der Waals surface area (Å²) in [5, 5.41) is 4.03. The Kier molecular flexibility index (Phi) is 5.43. The molecule has 1 aliphatic rings. The van der Waals surface area contributed by atoms with Gasteiger partial charge in [0.05, 0.1) is 17.7 Å². The molecule has 1 unspecified atom stereocenters. The summed E-state index contributed by atoms with van der Waals surface area (Å²) >= 11 is 6.18. The molecule has 106 valence electrons. The lowest BCUT2D eigenvalue weighted by molar-refractivity contribution is 0.0381. The Morgan fingerprint density at radius 2 is 2.37 bits per heavy atom. The van der Waals surface area contributed by atoms with Crippen LogP contribution in [0.5, 0.6) is 0 Å². The third kappa shape index (κ3) is 3.81. The van der Waals surface area contributed by atoms with E-state index in [0.717, 1.165) is 55.6 Å². The molecule has 2 rings (SSSR count). The summed E-state index contributed by atoms with van der Waals surface area (Å²) < 4.78 is 5.69. The highest BCUT2D eigenvalue weighted by Crippen LogP contribution is 2.22. The van der Waals surface area contributed by atoms with E-state index in [2.05, 4.69) is 35.1 Å². The van der Waals surface area contributed by atoms with E-state index in [1.165, 1.54) is 0 Å². The van der Waals surface area contributed by atoms with Gasteiger partial charge in [-0.3, -0.25) is 0 Å². The van der Waals surface area contributed by atoms with E-state index in [0.29, 0.717) is 6.10 Å². The zero-order valence-corrected chi connectivity index (χ0v) is 12.4. The average Bonchev–Trinajstić information content (AvgIpc) is 2.46. The first-order valence-electron chi connectivity index (χ1n) is 6.96. The molecule has 1 atom stereocenters. The van der Waals surface area contributed by atoms with Crippen LogP contribution in [0, 0.1) is 0 Å². The van der Waals surface area contributed by atoms with Crippen LogP contribution in [-0.2, 0) is 11.3 Å². The fourth-order valence-electron chi connectivity index (χ4n) is 2.21. The second-order valence-corrected chi connectivity index (χ2v) is 5.17. The first kappa shape index (κ1) is 14.6. The predicted molar refractivity (Wildman–Crippen MR) is 78.9 cm³/mol. The van der Waals surface area contributed by atoms with Crippen molar-refractivity contribution in [2.45, 2.75) is 32.9 Å². The normalized spacial score (nSPS) is 19.7. The van der Waals surface area contributed by atoms with E-state index < -0.39 is 0 Å². The summed E-state index contributed by atoms with van der Waals surface area (Å²) in [5.74, 6) is 0.999. The van der Waals surface area contributed by atoms with Gasteiger partial charge in [-0.15, -0.1) is 0 Å². The van der Waals surface area contributed by atoms with Crippen molar-refractivity contribution in [3.05, 3.63) is 22.8 Å². The molecular weight excluding hydrogens is 262 g/mol. The number of halogens is 1. The van der Waals surface area contributed by atoms with Crippen molar-refractivity contribution in [3.63, 3.8) is 0 Å². The maximum Gasteiger partial charge on any atom is 0.129 e. The Morgan fingerprint density at radius 3 is 3.11 bits per heavy atom. The van der Waals surface area contributed by atoms with Crippen molar-refractivity contribution >= 4 is 17.4 Å². The number of hydrogen-bond acceptors (Lipinski definition) is 4. The molecule has 19 heavy (non-hydrogen) atoms. The fraction of sp³-hybridized carbons (Fsp3) is 0.643. The molecule has 0 aliphatic carbocycles. The summed E-state index contributed by atoms with van der Waals surface area (Å²) in [6.07, 6.45) is 3.09. The van der Waals surface area contributed by atoms with Crippen LogP contribution in [0.25, 0.3) is 0 Å². The quantitative estimate of drug-likeness (QED) is 0.901. The molecule has 2 heterocycles. The van der Waals surface area contributed by atoms with Crippen LogP contribution in [0.1, 0.15) is 25.8 Å². The van der Waals surface area contributed by atoms with E-state index >= 15 is 0 Å². The van der Waals surface area contributed by atoms with Crippen LogP contribution < -0.4 is 10.2 Å². The second-order valence-electron chi connectivity index (χ2n) is 4.76. The number of ether oxygens (including phenoxy) is 1. The minimum Gasteiger partial charge on any atom is -0.375 e.